The summed E-state index contributed by atoms with van der Waals surface area (Å²) in [6.45, 7) is 4.10. The molecule has 2 nitrogen and oxygen atoms in total. The van der Waals surface area contributed by atoms with Crippen LogP contribution in [0.15, 0.2) is 35.4 Å². The molecule has 0 aliphatic rings. The van der Waals surface area contributed by atoms with Gasteiger partial charge in [-0.05, 0) is 25.5 Å². The van der Waals surface area contributed by atoms with E-state index in [4.69, 9.17) is 0 Å². The molecule has 0 radical (unpaired) electrons. The lowest BCUT2D eigenvalue weighted by atomic mass is 10.3. The molecule has 2 heteroatoms. The maximum absolute atomic E-state index is 4.18. The van der Waals surface area contributed by atoms with Gasteiger partial charge < -0.3 is 0 Å². The lowest BCUT2D eigenvalue weighted by molar-refractivity contribution is 1.21. The van der Waals surface area contributed by atoms with E-state index in [1.165, 1.54) is 0 Å². The Morgan fingerprint density at radius 1 is 1.33 bits per heavy atom. The third-order valence-electron chi connectivity index (χ3n) is 1.66. The lowest BCUT2D eigenvalue weighted by Gasteiger charge is -2.00. The van der Waals surface area contributed by atoms with Crippen LogP contribution in [0.2, 0.25) is 0 Å². The lowest BCUT2D eigenvalue weighted by Crippen LogP contribution is -1.94. The van der Waals surface area contributed by atoms with Crippen LogP contribution in [0.25, 0.3) is 0 Å². The molecular weight excluding hydrogens is 148 g/mol. The van der Waals surface area contributed by atoms with Gasteiger partial charge in [0.2, 0.25) is 0 Å². The van der Waals surface area contributed by atoms with Gasteiger partial charge in [0.05, 0.1) is 5.69 Å². The van der Waals surface area contributed by atoms with Crippen LogP contribution < -0.4 is 5.43 Å². The average molecular weight is 162 g/mol. The summed E-state index contributed by atoms with van der Waals surface area (Å²) < 4.78 is 0. The molecule has 0 fully saturated rings. The molecule has 0 saturated carbocycles. The Bertz CT molecular complexity index is 252. The van der Waals surface area contributed by atoms with E-state index in [0.717, 1.165) is 17.8 Å². The highest BCUT2D eigenvalue weighted by molar-refractivity contribution is 5.82. The molecule has 1 aromatic carbocycles. The minimum atomic E-state index is 0.986. The van der Waals surface area contributed by atoms with Gasteiger partial charge in [0.25, 0.3) is 0 Å². The molecule has 0 unspecified atom stereocenters. The SMILES string of the molecule is CC/C(C)=N\Nc1ccccc1. The van der Waals surface area contributed by atoms with E-state index < -0.39 is 0 Å². The topological polar surface area (TPSA) is 24.4 Å². The third kappa shape index (κ3) is 2.74. The van der Waals surface area contributed by atoms with Crippen molar-refractivity contribution in [3.8, 4) is 0 Å². The molecule has 12 heavy (non-hydrogen) atoms. The molecule has 64 valence electrons. The Kier molecular flexibility index (Phi) is 3.33. The molecule has 1 aromatic rings. The summed E-state index contributed by atoms with van der Waals surface area (Å²) in [6.07, 6.45) is 0.986. The number of hydrogen-bond donors (Lipinski definition) is 1. The Hall–Kier alpha value is -1.31. The fourth-order valence-corrected chi connectivity index (χ4v) is 0.752. The van der Waals surface area contributed by atoms with Gasteiger partial charge in [0.15, 0.2) is 0 Å². The van der Waals surface area contributed by atoms with Crippen molar-refractivity contribution >= 4 is 11.4 Å². The first kappa shape index (κ1) is 8.78. The zero-order chi connectivity index (χ0) is 8.81. The van der Waals surface area contributed by atoms with E-state index in [2.05, 4.69) is 17.5 Å². The Morgan fingerprint density at radius 3 is 2.58 bits per heavy atom. The van der Waals surface area contributed by atoms with Crippen molar-refractivity contribution in [2.75, 3.05) is 5.43 Å². The highest BCUT2D eigenvalue weighted by Gasteiger charge is 1.86. The molecule has 1 rings (SSSR count). The second kappa shape index (κ2) is 4.54. The van der Waals surface area contributed by atoms with Crippen molar-refractivity contribution in [3.05, 3.63) is 30.3 Å². The standard InChI is InChI=1S/C10H14N2/c1-3-9(2)11-12-10-7-5-4-6-8-10/h4-8,12H,3H2,1-2H3/b11-9-. The number of benzene rings is 1. The molecule has 0 saturated heterocycles. The van der Waals surface area contributed by atoms with Gasteiger partial charge in [-0.1, -0.05) is 25.1 Å². The summed E-state index contributed by atoms with van der Waals surface area (Å²) in [7, 11) is 0. The minimum absolute atomic E-state index is 0.986. The van der Waals surface area contributed by atoms with Crippen LogP contribution in [0.5, 0.6) is 0 Å². The van der Waals surface area contributed by atoms with Crippen LogP contribution in [0.4, 0.5) is 5.69 Å². The van der Waals surface area contributed by atoms with E-state index in [-0.39, 0.29) is 0 Å². The largest absolute Gasteiger partial charge is 0.279 e. The second-order valence-electron chi connectivity index (χ2n) is 2.68. The molecule has 0 heterocycles. The van der Waals surface area contributed by atoms with Gasteiger partial charge >= 0.3 is 0 Å². The molecule has 0 aliphatic heterocycles. The monoisotopic (exact) mass is 162 g/mol. The van der Waals surface area contributed by atoms with Crippen LogP contribution >= 0.6 is 0 Å². The van der Waals surface area contributed by atoms with Crippen LogP contribution in [0.3, 0.4) is 0 Å². The van der Waals surface area contributed by atoms with Crippen LogP contribution in [-0.2, 0) is 0 Å². The normalized spacial score (nSPS) is 11.3. The van der Waals surface area contributed by atoms with Crippen LogP contribution in [0, 0.1) is 0 Å². The summed E-state index contributed by atoms with van der Waals surface area (Å²) in [5.41, 5.74) is 5.13. The third-order valence-corrected chi connectivity index (χ3v) is 1.66. The minimum Gasteiger partial charge on any atom is -0.279 e. The number of hydrogen-bond acceptors (Lipinski definition) is 2. The van der Waals surface area contributed by atoms with Gasteiger partial charge in [-0.15, -0.1) is 0 Å². The van der Waals surface area contributed by atoms with Crippen molar-refractivity contribution in [1.82, 2.24) is 0 Å². The Morgan fingerprint density at radius 2 is 2.00 bits per heavy atom. The number of hydrazone groups is 1. The first-order chi connectivity index (χ1) is 5.83. The number of para-hydroxylation sites is 1. The Balaban J connectivity index is 2.54. The van der Waals surface area contributed by atoms with E-state index in [9.17, 15) is 0 Å². The molecule has 0 spiro atoms. The molecule has 0 atom stereocenters. The molecule has 0 bridgehead atoms. The highest BCUT2D eigenvalue weighted by Crippen LogP contribution is 2.04. The first-order valence-electron chi connectivity index (χ1n) is 4.17. The highest BCUT2D eigenvalue weighted by atomic mass is 15.3. The van der Waals surface area contributed by atoms with Gasteiger partial charge in [0, 0.05) is 5.71 Å². The summed E-state index contributed by atoms with van der Waals surface area (Å²) in [6, 6.07) is 9.94. The van der Waals surface area contributed by atoms with Crippen LogP contribution in [0.1, 0.15) is 20.3 Å². The van der Waals surface area contributed by atoms with Gasteiger partial charge in [-0.3, -0.25) is 5.43 Å². The van der Waals surface area contributed by atoms with Gasteiger partial charge in [-0.2, -0.15) is 5.10 Å². The number of nitrogens with one attached hydrogen (secondary N) is 1. The summed E-state index contributed by atoms with van der Waals surface area (Å²) >= 11 is 0. The molecule has 0 amide bonds. The average Bonchev–Trinajstić information content (AvgIpc) is 2.16. The van der Waals surface area contributed by atoms with Crippen molar-refractivity contribution in [2.45, 2.75) is 20.3 Å². The number of nitrogens with zero attached hydrogens (tertiary/aromatic N) is 1. The van der Waals surface area contributed by atoms with Crippen molar-refractivity contribution in [2.24, 2.45) is 5.10 Å². The summed E-state index contributed by atoms with van der Waals surface area (Å²) in [5.74, 6) is 0. The summed E-state index contributed by atoms with van der Waals surface area (Å²) in [5, 5.41) is 4.18. The van der Waals surface area contributed by atoms with Crippen molar-refractivity contribution < 1.29 is 0 Å². The van der Waals surface area contributed by atoms with Crippen LogP contribution in [-0.4, -0.2) is 5.71 Å². The molecule has 0 aromatic heterocycles. The quantitative estimate of drug-likeness (QED) is 0.536. The fourth-order valence-electron chi connectivity index (χ4n) is 0.752. The zero-order valence-electron chi connectivity index (χ0n) is 7.54. The second-order valence-corrected chi connectivity index (χ2v) is 2.68. The van der Waals surface area contributed by atoms with E-state index in [1.54, 1.807) is 0 Å². The van der Waals surface area contributed by atoms with E-state index in [0.29, 0.717) is 0 Å². The Labute approximate surface area is 73.3 Å². The zero-order valence-corrected chi connectivity index (χ0v) is 7.54. The van der Waals surface area contributed by atoms with Crippen molar-refractivity contribution in [3.63, 3.8) is 0 Å². The van der Waals surface area contributed by atoms with Gasteiger partial charge in [-0.25, -0.2) is 0 Å². The first-order valence-corrected chi connectivity index (χ1v) is 4.17. The van der Waals surface area contributed by atoms with E-state index >= 15 is 0 Å². The smallest absolute Gasteiger partial charge is 0.0561 e. The maximum Gasteiger partial charge on any atom is 0.0561 e. The number of anilines is 1. The molecule has 0 aliphatic carbocycles. The molecular formula is C10H14N2. The van der Waals surface area contributed by atoms with Gasteiger partial charge in [0.1, 0.15) is 0 Å². The fraction of sp³-hybridized carbons (Fsp3) is 0.300. The number of rotatable bonds is 3. The predicted molar refractivity (Wildman–Crippen MR) is 53.5 cm³/mol. The predicted octanol–water partition coefficient (Wildman–Crippen LogP) is 2.88. The summed E-state index contributed by atoms with van der Waals surface area (Å²) in [4.78, 5) is 0. The van der Waals surface area contributed by atoms with E-state index in [1.807, 2.05) is 37.3 Å². The maximum atomic E-state index is 4.18. The molecule has 1 N–H and O–H groups in total. The van der Waals surface area contributed by atoms with Crippen molar-refractivity contribution in [1.29, 1.82) is 0 Å².